The molecule has 1 unspecified atom stereocenters. The smallest absolute Gasteiger partial charge is 0.116 e. The summed E-state index contributed by atoms with van der Waals surface area (Å²) in [6, 6.07) is 19.0. The Bertz CT molecular complexity index is 892. The number of nitrogens with zero attached hydrogens (tertiary/aromatic N) is 3. The molecule has 4 rings (SSSR count). The van der Waals surface area contributed by atoms with E-state index in [1.807, 2.05) is 19.2 Å². The van der Waals surface area contributed by atoms with Crippen molar-refractivity contribution < 1.29 is 5.11 Å². The Morgan fingerprint density at radius 3 is 2.66 bits per heavy atom. The number of nitrogens with one attached hydrogen (secondary N) is 1. The van der Waals surface area contributed by atoms with E-state index in [1.54, 1.807) is 6.33 Å². The second-order valence-corrected chi connectivity index (χ2v) is 8.10. The molecular weight excluding hydrogens is 360 g/mol. The van der Waals surface area contributed by atoms with Crippen molar-refractivity contribution in [3.05, 3.63) is 83.9 Å². The standard InChI is InChI=1S/C24H30N4O/c1-24(29,13-7-10-20-8-3-2-4-9-20)28-15-14-27(18-22-16-25-19-26-22)23-12-6-5-11-21(23)17-28/h2-6,8-9,11-12,16,19,29H,7,10,13-15,17-18H2,1H3,(H,25,26). The number of benzene rings is 2. The van der Waals surface area contributed by atoms with Gasteiger partial charge >= 0.3 is 0 Å². The molecule has 0 fully saturated rings. The van der Waals surface area contributed by atoms with Gasteiger partial charge in [-0.15, -0.1) is 0 Å². The summed E-state index contributed by atoms with van der Waals surface area (Å²) in [4.78, 5) is 12.0. The van der Waals surface area contributed by atoms with Crippen molar-refractivity contribution in [3.8, 4) is 0 Å². The van der Waals surface area contributed by atoms with Gasteiger partial charge in [0.25, 0.3) is 0 Å². The van der Waals surface area contributed by atoms with Gasteiger partial charge in [0.15, 0.2) is 0 Å². The summed E-state index contributed by atoms with van der Waals surface area (Å²) in [5.41, 5.74) is 4.10. The topological polar surface area (TPSA) is 55.4 Å². The third-order valence-electron chi connectivity index (χ3n) is 5.89. The molecule has 152 valence electrons. The molecule has 2 aromatic carbocycles. The number of fused-ring (bicyclic) bond motifs is 1. The number of aromatic nitrogens is 2. The van der Waals surface area contributed by atoms with E-state index in [-0.39, 0.29) is 0 Å². The first-order chi connectivity index (χ1) is 14.1. The number of aliphatic hydroxyl groups is 1. The Labute approximate surface area is 173 Å². The maximum absolute atomic E-state index is 11.3. The van der Waals surface area contributed by atoms with Gasteiger partial charge in [-0.25, -0.2) is 4.98 Å². The van der Waals surface area contributed by atoms with Crippen molar-refractivity contribution >= 4 is 5.69 Å². The van der Waals surface area contributed by atoms with Gasteiger partial charge in [-0.2, -0.15) is 0 Å². The van der Waals surface area contributed by atoms with Crippen LogP contribution in [0.4, 0.5) is 5.69 Å². The molecule has 2 heterocycles. The lowest BCUT2D eigenvalue weighted by Crippen LogP contribution is -2.47. The molecule has 1 aromatic heterocycles. The molecule has 29 heavy (non-hydrogen) atoms. The van der Waals surface area contributed by atoms with Gasteiger partial charge in [-0.3, -0.25) is 4.90 Å². The van der Waals surface area contributed by atoms with Gasteiger partial charge < -0.3 is 15.0 Å². The highest BCUT2D eigenvalue weighted by Gasteiger charge is 2.31. The molecular formula is C24H30N4O. The summed E-state index contributed by atoms with van der Waals surface area (Å²) in [6.07, 6.45) is 6.32. The van der Waals surface area contributed by atoms with Crippen LogP contribution in [0.25, 0.3) is 0 Å². The van der Waals surface area contributed by atoms with E-state index >= 15 is 0 Å². The molecule has 0 radical (unpaired) electrons. The quantitative estimate of drug-likeness (QED) is 0.641. The van der Waals surface area contributed by atoms with Gasteiger partial charge in [0.1, 0.15) is 5.72 Å². The number of anilines is 1. The number of H-pyrrole nitrogens is 1. The van der Waals surface area contributed by atoms with Crippen LogP contribution in [0, 0.1) is 0 Å². The minimum atomic E-state index is -0.827. The first kappa shape index (κ1) is 19.7. The molecule has 1 atom stereocenters. The summed E-state index contributed by atoms with van der Waals surface area (Å²) in [7, 11) is 0. The summed E-state index contributed by atoms with van der Waals surface area (Å²) in [5.74, 6) is 0. The largest absolute Gasteiger partial charge is 0.376 e. The first-order valence-corrected chi connectivity index (χ1v) is 10.4. The highest BCUT2D eigenvalue weighted by atomic mass is 16.3. The average Bonchev–Trinajstić information content (AvgIpc) is 3.16. The molecule has 2 N–H and O–H groups in total. The van der Waals surface area contributed by atoms with Gasteiger partial charge in [-0.1, -0.05) is 48.5 Å². The molecule has 0 bridgehead atoms. The molecule has 0 amide bonds. The highest BCUT2D eigenvalue weighted by molar-refractivity contribution is 5.54. The van der Waals surface area contributed by atoms with Crippen molar-refractivity contribution in [1.29, 1.82) is 0 Å². The zero-order chi connectivity index (χ0) is 20.1. The number of para-hydroxylation sites is 1. The Balaban J connectivity index is 1.44. The monoisotopic (exact) mass is 390 g/mol. The van der Waals surface area contributed by atoms with Crippen LogP contribution in [0.5, 0.6) is 0 Å². The fourth-order valence-corrected chi connectivity index (χ4v) is 4.18. The predicted octanol–water partition coefficient (Wildman–Crippen LogP) is 3.96. The lowest BCUT2D eigenvalue weighted by atomic mass is 10.0. The molecule has 1 aliphatic heterocycles. The van der Waals surface area contributed by atoms with Crippen LogP contribution in [0.1, 0.15) is 36.6 Å². The van der Waals surface area contributed by atoms with Gasteiger partial charge in [0, 0.05) is 31.5 Å². The Kier molecular flexibility index (Phi) is 5.97. The number of aromatic amines is 1. The SMILES string of the molecule is CC(O)(CCCc1ccccc1)N1CCN(Cc2cnc[nH]2)c2ccccc2C1. The maximum Gasteiger partial charge on any atom is 0.116 e. The van der Waals surface area contributed by atoms with E-state index in [1.165, 1.54) is 16.8 Å². The third-order valence-corrected chi connectivity index (χ3v) is 5.89. The molecule has 3 aromatic rings. The first-order valence-electron chi connectivity index (χ1n) is 10.4. The van der Waals surface area contributed by atoms with Gasteiger partial charge in [0.05, 0.1) is 18.6 Å². The number of hydrogen-bond donors (Lipinski definition) is 2. The maximum atomic E-state index is 11.3. The zero-order valence-corrected chi connectivity index (χ0v) is 17.1. The normalized spacial score (nSPS) is 16.8. The van der Waals surface area contributed by atoms with Gasteiger partial charge in [0.2, 0.25) is 0 Å². The Morgan fingerprint density at radius 2 is 1.86 bits per heavy atom. The number of rotatable bonds is 7. The number of aryl methyl sites for hydroxylation is 1. The summed E-state index contributed by atoms with van der Waals surface area (Å²) < 4.78 is 0. The summed E-state index contributed by atoms with van der Waals surface area (Å²) in [5, 5.41) is 11.3. The van der Waals surface area contributed by atoms with Crippen molar-refractivity contribution in [3.63, 3.8) is 0 Å². The van der Waals surface area contributed by atoms with E-state index in [2.05, 4.69) is 68.3 Å². The van der Waals surface area contributed by atoms with E-state index in [4.69, 9.17) is 0 Å². The van der Waals surface area contributed by atoms with Crippen LogP contribution in [-0.4, -0.2) is 38.8 Å². The summed E-state index contributed by atoms with van der Waals surface area (Å²) >= 11 is 0. The van der Waals surface area contributed by atoms with E-state index in [0.717, 1.165) is 51.1 Å². The molecule has 1 aliphatic rings. The van der Waals surface area contributed by atoms with E-state index < -0.39 is 5.72 Å². The fraction of sp³-hybridized carbons (Fsp3) is 0.375. The minimum absolute atomic E-state index is 0.755. The number of hydrogen-bond acceptors (Lipinski definition) is 4. The summed E-state index contributed by atoms with van der Waals surface area (Å²) in [6.45, 7) is 5.20. The van der Waals surface area contributed by atoms with Crippen molar-refractivity contribution in [2.24, 2.45) is 0 Å². The van der Waals surface area contributed by atoms with Crippen LogP contribution in [0.2, 0.25) is 0 Å². The number of imidazole rings is 1. The molecule has 0 saturated heterocycles. The second kappa shape index (κ2) is 8.80. The van der Waals surface area contributed by atoms with Crippen LogP contribution in [0.15, 0.2) is 67.1 Å². The lowest BCUT2D eigenvalue weighted by molar-refractivity contribution is -0.103. The third kappa shape index (κ3) is 4.86. The van der Waals surface area contributed by atoms with Crippen molar-refractivity contribution in [1.82, 2.24) is 14.9 Å². The molecule has 0 spiro atoms. The molecule has 5 heteroatoms. The van der Waals surface area contributed by atoms with Gasteiger partial charge in [-0.05, 0) is 43.4 Å². The van der Waals surface area contributed by atoms with Crippen LogP contribution in [-0.2, 0) is 19.5 Å². The molecule has 0 saturated carbocycles. The molecule has 5 nitrogen and oxygen atoms in total. The van der Waals surface area contributed by atoms with E-state index in [9.17, 15) is 5.11 Å². The fourth-order valence-electron chi connectivity index (χ4n) is 4.18. The van der Waals surface area contributed by atoms with Crippen molar-refractivity contribution in [2.45, 2.75) is 45.0 Å². The Morgan fingerprint density at radius 1 is 1.07 bits per heavy atom. The average molecular weight is 391 g/mol. The second-order valence-electron chi connectivity index (χ2n) is 8.10. The lowest BCUT2D eigenvalue weighted by Gasteiger charge is -2.36. The van der Waals surface area contributed by atoms with E-state index in [0.29, 0.717) is 0 Å². The van der Waals surface area contributed by atoms with Crippen LogP contribution >= 0.6 is 0 Å². The minimum Gasteiger partial charge on any atom is -0.376 e. The van der Waals surface area contributed by atoms with Crippen LogP contribution in [0.3, 0.4) is 0 Å². The Hall–Kier alpha value is -2.63. The van der Waals surface area contributed by atoms with Crippen LogP contribution < -0.4 is 4.90 Å². The zero-order valence-electron chi connectivity index (χ0n) is 17.1. The van der Waals surface area contributed by atoms with Crippen molar-refractivity contribution in [2.75, 3.05) is 18.0 Å². The highest BCUT2D eigenvalue weighted by Crippen LogP contribution is 2.30. The predicted molar refractivity (Wildman–Crippen MR) is 116 cm³/mol. The molecule has 0 aliphatic carbocycles.